The highest BCUT2D eigenvalue weighted by molar-refractivity contribution is 7.17. The zero-order chi connectivity index (χ0) is 23.3. The lowest BCUT2D eigenvalue weighted by molar-refractivity contribution is -0.131. The topological polar surface area (TPSA) is 107 Å². The van der Waals surface area contributed by atoms with E-state index in [4.69, 9.17) is 4.98 Å². The number of anilines is 1. The van der Waals surface area contributed by atoms with Gasteiger partial charge in [0.25, 0.3) is 5.91 Å². The number of hydrogen-bond acceptors (Lipinski definition) is 5. The molecule has 0 atom stereocenters. The Bertz CT molecular complexity index is 1270. The lowest BCUT2D eigenvalue weighted by Crippen LogP contribution is -2.44. The summed E-state index contributed by atoms with van der Waals surface area (Å²) in [6.07, 6.45) is 7.56. The van der Waals surface area contributed by atoms with Gasteiger partial charge in [0.1, 0.15) is 16.4 Å². The molecule has 3 aromatic rings. The van der Waals surface area contributed by atoms with Crippen molar-refractivity contribution in [3.05, 3.63) is 34.7 Å². The SMILES string of the molecule is O=C(CCN1C(=O)NC2(CCCC2)C1=O)Nc1sc2c(c1-c1nc3ccccc3[nH]1)CCCC2. The van der Waals surface area contributed by atoms with E-state index in [-0.39, 0.29) is 30.8 Å². The molecule has 3 aliphatic rings. The Labute approximate surface area is 201 Å². The van der Waals surface area contributed by atoms with Crippen LogP contribution >= 0.6 is 11.3 Å². The van der Waals surface area contributed by atoms with E-state index < -0.39 is 5.54 Å². The van der Waals surface area contributed by atoms with Crippen LogP contribution in [0.4, 0.5) is 9.80 Å². The second kappa shape index (κ2) is 8.23. The number of H-pyrrole nitrogens is 1. The standard InChI is InChI=1S/C25H27N5O3S/c31-19(11-14-30-23(32)25(29-24(30)33)12-5-6-13-25)28-22-20(15-7-1-4-10-18(15)34-22)21-26-16-8-2-3-9-17(16)27-21/h2-3,8-9H,1,4-7,10-14H2,(H,26,27)(H,28,31)(H,29,33). The number of rotatable bonds is 5. The van der Waals surface area contributed by atoms with Gasteiger partial charge in [0.2, 0.25) is 5.91 Å². The number of aromatic nitrogens is 2. The predicted molar refractivity (Wildman–Crippen MR) is 131 cm³/mol. The van der Waals surface area contributed by atoms with E-state index >= 15 is 0 Å². The fourth-order valence-corrected chi connectivity index (χ4v) is 6.88. The average molecular weight is 478 g/mol. The molecule has 176 valence electrons. The molecule has 2 aromatic heterocycles. The van der Waals surface area contributed by atoms with Crippen molar-refractivity contribution < 1.29 is 14.4 Å². The molecule has 8 nitrogen and oxygen atoms in total. The van der Waals surface area contributed by atoms with Crippen molar-refractivity contribution in [2.45, 2.75) is 63.3 Å². The van der Waals surface area contributed by atoms with Crippen molar-refractivity contribution in [3.63, 3.8) is 0 Å². The van der Waals surface area contributed by atoms with E-state index in [1.807, 2.05) is 24.3 Å². The summed E-state index contributed by atoms with van der Waals surface area (Å²) in [6.45, 7) is 0.0866. The number of carbonyl (C=O) groups excluding carboxylic acids is 3. The molecule has 2 aliphatic carbocycles. The Morgan fingerprint density at radius 1 is 1.12 bits per heavy atom. The third kappa shape index (κ3) is 3.50. The number of urea groups is 1. The highest BCUT2D eigenvalue weighted by Crippen LogP contribution is 2.44. The quantitative estimate of drug-likeness (QED) is 0.475. The maximum absolute atomic E-state index is 13.0. The summed E-state index contributed by atoms with van der Waals surface area (Å²) in [7, 11) is 0. The largest absolute Gasteiger partial charge is 0.338 e. The van der Waals surface area contributed by atoms with E-state index in [0.29, 0.717) is 12.8 Å². The molecule has 1 saturated carbocycles. The van der Waals surface area contributed by atoms with Gasteiger partial charge in [0.05, 0.1) is 16.6 Å². The van der Waals surface area contributed by atoms with Crippen molar-refractivity contribution in [2.75, 3.05) is 11.9 Å². The molecule has 0 unspecified atom stereocenters. The first-order valence-electron chi connectivity index (χ1n) is 12.1. The maximum Gasteiger partial charge on any atom is 0.325 e. The lowest BCUT2D eigenvalue weighted by atomic mass is 9.95. The van der Waals surface area contributed by atoms with Crippen molar-refractivity contribution >= 4 is 45.2 Å². The van der Waals surface area contributed by atoms with Crippen LogP contribution in [0.3, 0.4) is 0 Å². The molecule has 0 bridgehead atoms. The molecule has 1 spiro atoms. The van der Waals surface area contributed by atoms with E-state index in [1.54, 1.807) is 11.3 Å². The molecule has 1 aromatic carbocycles. The summed E-state index contributed by atoms with van der Waals surface area (Å²) in [5, 5.41) is 6.74. The molecule has 0 radical (unpaired) electrons. The van der Waals surface area contributed by atoms with E-state index in [9.17, 15) is 14.4 Å². The molecule has 3 heterocycles. The second-order valence-electron chi connectivity index (χ2n) is 9.49. The first-order valence-corrected chi connectivity index (χ1v) is 12.9. The Morgan fingerprint density at radius 3 is 2.74 bits per heavy atom. The van der Waals surface area contributed by atoms with E-state index in [1.165, 1.54) is 15.3 Å². The maximum atomic E-state index is 13.0. The predicted octanol–water partition coefficient (Wildman–Crippen LogP) is 4.36. The van der Waals surface area contributed by atoms with Crippen LogP contribution in [0.1, 0.15) is 55.4 Å². The van der Waals surface area contributed by atoms with Gasteiger partial charge in [0, 0.05) is 17.8 Å². The molecule has 4 amide bonds. The number of nitrogens with one attached hydrogen (secondary N) is 3. The number of para-hydroxylation sites is 2. The number of aryl methyl sites for hydroxylation is 1. The Morgan fingerprint density at radius 2 is 1.91 bits per heavy atom. The molecular weight excluding hydrogens is 450 g/mol. The number of carbonyl (C=O) groups is 3. The molecule has 3 N–H and O–H groups in total. The molecule has 1 aliphatic heterocycles. The van der Waals surface area contributed by atoms with Gasteiger partial charge in [0.15, 0.2) is 0 Å². The molecule has 34 heavy (non-hydrogen) atoms. The van der Waals surface area contributed by atoms with Gasteiger partial charge in [-0.05, 0) is 56.2 Å². The van der Waals surface area contributed by atoms with Gasteiger partial charge in [-0.3, -0.25) is 14.5 Å². The summed E-state index contributed by atoms with van der Waals surface area (Å²) >= 11 is 1.62. The first-order chi connectivity index (χ1) is 16.5. The Balaban J connectivity index is 1.22. The van der Waals surface area contributed by atoms with Gasteiger partial charge < -0.3 is 15.6 Å². The number of fused-ring (bicyclic) bond motifs is 2. The van der Waals surface area contributed by atoms with Crippen LogP contribution in [0.5, 0.6) is 0 Å². The molecule has 9 heteroatoms. The van der Waals surface area contributed by atoms with Crippen molar-refractivity contribution in [3.8, 4) is 11.4 Å². The third-order valence-electron chi connectivity index (χ3n) is 7.32. The van der Waals surface area contributed by atoms with Crippen LogP contribution in [-0.2, 0) is 22.4 Å². The number of imidazole rings is 1. The number of imide groups is 1. The molecule has 2 fully saturated rings. The van der Waals surface area contributed by atoms with Gasteiger partial charge in [-0.25, -0.2) is 9.78 Å². The van der Waals surface area contributed by atoms with Crippen LogP contribution in [-0.4, -0.2) is 44.8 Å². The van der Waals surface area contributed by atoms with Crippen LogP contribution in [0, 0.1) is 0 Å². The summed E-state index contributed by atoms with van der Waals surface area (Å²) in [6, 6.07) is 7.53. The second-order valence-corrected chi connectivity index (χ2v) is 10.6. The minimum Gasteiger partial charge on any atom is -0.338 e. The van der Waals surface area contributed by atoms with Gasteiger partial charge >= 0.3 is 6.03 Å². The lowest BCUT2D eigenvalue weighted by Gasteiger charge is -2.19. The summed E-state index contributed by atoms with van der Waals surface area (Å²) in [5.41, 5.74) is 3.36. The zero-order valence-corrected chi connectivity index (χ0v) is 19.7. The minimum absolute atomic E-state index is 0.0668. The zero-order valence-electron chi connectivity index (χ0n) is 18.9. The summed E-state index contributed by atoms with van der Waals surface area (Å²) in [4.78, 5) is 49.0. The Hall–Kier alpha value is -3.20. The number of amides is 4. The summed E-state index contributed by atoms with van der Waals surface area (Å²) < 4.78 is 0. The highest BCUT2D eigenvalue weighted by atomic mass is 32.1. The molecule has 1 saturated heterocycles. The van der Waals surface area contributed by atoms with Crippen LogP contribution in [0.15, 0.2) is 24.3 Å². The first kappa shape index (κ1) is 21.3. The van der Waals surface area contributed by atoms with Crippen LogP contribution in [0.2, 0.25) is 0 Å². The molecular formula is C25H27N5O3S. The normalized spacial score (nSPS) is 19.1. The monoisotopic (exact) mass is 477 g/mol. The average Bonchev–Trinajstić information content (AvgIpc) is 3.58. The number of hydrogen-bond donors (Lipinski definition) is 3. The Kier molecular flexibility index (Phi) is 5.17. The van der Waals surface area contributed by atoms with Crippen molar-refractivity contribution in [1.29, 1.82) is 0 Å². The van der Waals surface area contributed by atoms with Gasteiger partial charge in [-0.1, -0.05) is 25.0 Å². The molecule has 6 rings (SSSR count). The number of thiophene rings is 1. The number of aromatic amines is 1. The van der Waals surface area contributed by atoms with E-state index in [2.05, 4.69) is 15.6 Å². The van der Waals surface area contributed by atoms with Crippen LogP contribution in [0.25, 0.3) is 22.4 Å². The third-order valence-corrected chi connectivity index (χ3v) is 8.52. The van der Waals surface area contributed by atoms with Gasteiger partial charge in [-0.2, -0.15) is 0 Å². The highest BCUT2D eigenvalue weighted by Gasteiger charge is 2.52. The van der Waals surface area contributed by atoms with Crippen molar-refractivity contribution in [2.24, 2.45) is 0 Å². The van der Waals surface area contributed by atoms with Crippen LogP contribution < -0.4 is 10.6 Å². The number of benzene rings is 1. The smallest absolute Gasteiger partial charge is 0.325 e. The van der Waals surface area contributed by atoms with Gasteiger partial charge in [-0.15, -0.1) is 11.3 Å². The minimum atomic E-state index is -0.741. The summed E-state index contributed by atoms with van der Waals surface area (Å²) in [5.74, 6) is 0.384. The fourth-order valence-electron chi connectivity index (χ4n) is 5.57. The van der Waals surface area contributed by atoms with Crippen molar-refractivity contribution in [1.82, 2.24) is 20.2 Å². The fraction of sp³-hybridized carbons (Fsp3) is 0.440. The van der Waals surface area contributed by atoms with E-state index in [0.717, 1.165) is 65.9 Å². The number of nitrogens with zero attached hydrogens (tertiary/aromatic N) is 2.